The SMILES string of the molecule is C=CC[C@]1(C(=O)OC)C[C@@H](C(=O)OC)CC(F)(F)C1. The minimum absolute atomic E-state index is 0.00600. The van der Waals surface area contributed by atoms with Crippen LogP contribution in [-0.4, -0.2) is 32.1 Å². The first-order valence-corrected chi connectivity index (χ1v) is 5.95. The molecule has 2 atom stereocenters. The lowest BCUT2D eigenvalue weighted by molar-refractivity contribution is -0.176. The van der Waals surface area contributed by atoms with E-state index in [2.05, 4.69) is 16.1 Å². The second kappa shape index (κ2) is 5.67. The van der Waals surface area contributed by atoms with Crippen LogP contribution >= 0.6 is 0 Å². The zero-order valence-corrected chi connectivity index (χ0v) is 11.1. The predicted octanol–water partition coefficient (Wildman–Crippen LogP) is 2.33. The van der Waals surface area contributed by atoms with Crippen molar-refractivity contribution in [3.05, 3.63) is 12.7 Å². The van der Waals surface area contributed by atoms with E-state index in [-0.39, 0.29) is 12.8 Å². The molecule has 0 aromatic rings. The van der Waals surface area contributed by atoms with Crippen LogP contribution in [0.1, 0.15) is 25.7 Å². The molecule has 0 radical (unpaired) electrons. The summed E-state index contributed by atoms with van der Waals surface area (Å²) < 4.78 is 36.8. The highest BCUT2D eigenvalue weighted by Crippen LogP contribution is 2.50. The third-order valence-corrected chi connectivity index (χ3v) is 3.47. The Kier molecular flexibility index (Phi) is 4.66. The highest BCUT2D eigenvalue weighted by Gasteiger charge is 2.55. The van der Waals surface area contributed by atoms with E-state index in [0.29, 0.717) is 0 Å². The average Bonchev–Trinajstić information content (AvgIpc) is 2.35. The molecule has 0 N–H and O–H groups in total. The lowest BCUT2D eigenvalue weighted by Gasteiger charge is -2.40. The van der Waals surface area contributed by atoms with Gasteiger partial charge in [0.1, 0.15) is 0 Å². The summed E-state index contributed by atoms with van der Waals surface area (Å²) in [4.78, 5) is 23.4. The number of rotatable bonds is 4. The Morgan fingerprint density at radius 3 is 2.42 bits per heavy atom. The molecule has 1 fully saturated rings. The number of carbonyl (C=O) groups is 2. The first-order chi connectivity index (χ1) is 8.80. The molecule has 0 aromatic carbocycles. The zero-order chi connectivity index (χ0) is 14.7. The highest BCUT2D eigenvalue weighted by molar-refractivity contribution is 5.80. The Bertz CT molecular complexity index is 381. The lowest BCUT2D eigenvalue weighted by atomic mass is 9.66. The molecule has 0 aliphatic heterocycles. The Morgan fingerprint density at radius 1 is 1.32 bits per heavy atom. The number of carbonyl (C=O) groups excluding carboxylic acids is 2. The van der Waals surface area contributed by atoms with Gasteiger partial charge in [0.25, 0.3) is 0 Å². The maximum Gasteiger partial charge on any atom is 0.312 e. The molecule has 0 spiro atoms. The van der Waals surface area contributed by atoms with Crippen LogP contribution in [0.4, 0.5) is 8.78 Å². The van der Waals surface area contributed by atoms with E-state index in [0.717, 1.165) is 14.2 Å². The molecule has 0 bridgehead atoms. The van der Waals surface area contributed by atoms with E-state index in [1.807, 2.05) is 0 Å². The van der Waals surface area contributed by atoms with E-state index >= 15 is 0 Å². The summed E-state index contributed by atoms with van der Waals surface area (Å²) in [5, 5.41) is 0. The molecule has 1 aliphatic carbocycles. The largest absolute Gasteiger partial charge is 0.469 e. The second-order valence-electron chi connectivity index (χ2n) is 4.93. The first-order valence-electron chi connectivity index (χ1n) is 5.95. The third-order valence-electron chi connectivity index (χ3n) is 3.47. The molecule has 0 aromatic heterocycles. The van der Waals surface area contributed by atoms with Gasteiger partial charge in [-0.25, -0.2) is 8.78 Å². The van der Waals surface area contributed by atoms with Crippen LogP contribution in [0.15, 0.2) is 12.7 Å². The van der Waals surface area contributed by atoms with E-state index in [4.69, 9.17) is 0 Å². The Balaban J connectivity index is 3.11. The van der Waals surface area contributed by atoms with E-state index in [1.165, 1.54) is 6.08 Å². The summed E-state index contributed by atoms with van der Waals surface area (Å²) in [5.41, 5.74) is -1.41. The maximum absolute atomic E-state index is 13.8. The van der Waals surface area contributed by atoms with Gasteiger partial charge in [0.2, 0.25) is 5.92 Å². The smallest absolute Gasteiger partial charge is 0.312 e. The fourth-order valence-electron chi connectivity index (χ4n) is 2.76. The van der Waals surface area contributed by atoms with Crippen molar-refractivity contribution in [1.82, 2.24) is 0 Å². The molecule has 1 aliphatic rings. The summed E-state index contributed by atoms with van der Waals surface area (Å²) in [6.07, 6.45) is 0.200. The van der Waals surface area contributed by atoms with Crippen molar-refractivity contribution < 1.29 is 27.8 Å². The number of hydrogen-bond acceptors (Lipinski definition) is 4. The van der Waals surface area contributed by atoms with Crippen molar-refractivity contribution in [2.45, 2.75) is 31.6 Å². The molecule has 1 saturated carbocycles. The number of allylic oxidation sites excluding steroid dienone is 1. The van der Waals surface area contributed by atoms with E-state index < -0.39 is 42.0 Å². The van der Waals surface area contributed by atoms with Crippen LogP contribution < -0.4 is 0 Å². The number of halogens is 2. The van der Waals surface area contributed by atoms with Crippen LogP contribution in [0, 0.1) is 11.3 Å². The Hall–Kier alpha value is -1.46. The Morgan fingerprint density at radius 2 is 1.95 bits per heavy atom. The first kappa shape index (κ1) is 15.6. The fourth-order valence-corrected chi connectivity index (χ4v) is 2.76. The number of hydrogen-bond donors (Lipinski definition) is 0. The van der Waals surface area contributed by atoms with Gasteiger partial charge >= 0.3 is 11.9 Å². The average molecular weight is 276 g/mol. The van der Waals surface area contributed by atoms with Crippen molar-refractivity contribution in [3.63, 3.8) is 0 Å². The van der Waals surface area contributed by atoms with Gasteiger partial charge in [-0.15, -0.1) is 6.58 Å². The van der Waals surface area contributed by atoms with Gasteiger partial charge in [-0.1, -0.05) is 6.08 Å². The lowest BCUT2D eigenvalue weighted by Crippen LogP contribution is -2.47. The minimum atomic E-state index is -3.10. The molecule has 108 valence electrons. The van der Waals surface area contributed by atoms with Gasteiger partial charge < -0.3 is 9.47 Å². The topological polar surface area (TPSA) is 52.6 Å². The number of ether oxygens (including phenoxy) is 2. The number of alkyl halides is 2. The fraction of sp³-hybridized carbons (Fsp3) is 0.692. The second-order valence-corrected chi connectivity index (χ2v) is 4.93. The summed E-state index contributed by atoms with van der Waals surface area (Å²) in [6, 6.07) is 0. The molecule has 6 heteroatoms. The molecule has 19 heavy (non-hydrogen) atoms. The number of methoxy groups -OCH3 is 2. The molecule has 4 nitrogen and oxygen atoms in total. The molecule has 1 rings (SSSR count). The summed E-state index contributed by atoms with van der Waals surface area (Å²) in [6.45, 7) is 3.49. The van der Waals surface area contributed by atoms with Crippen molar-refractivity contribution in [2.24, 2.45) is 11.3 Å². The quantitative estimate of drug-likeness (QED) is 0.584. The van der Waals surface area contributed by atoms with Crippen LogP contribution in [-0.2, 0) is 19.1 Å². The minimum Gasteiger partial charge on any atom is -0.469 e. The van der Waals surface area contributed by atoms with Gasteiger partial charge in [0.15, 0.2) is 0 Å². The maximum atomic E-state index is 13.8. The molecule has 0 unspecified atom stereocenters. The van der Waals surface area contributed by atoms with Gasteiger partial charge in [-0.05, 0) is 12.8 Å². The van der Waals surface area contributed by atoms with Crippen molar-refractivity contribution in [2.75, 3.05) is 14.2 Å². The zero-order valence-electron chi connectivity index (χ0n) is 11.1. The Labute approximate surface area is 110 Å². The van der Waals surface area contributed by atoms with Crippen LogP contribution in [0.25, 0.3) is 0 Å². The third kappa shape index (κ3) is 3.30. The van der Waals surface area contributed by atoms with Gasteiger partial charge in [-0.3, -0.25) is 9.59 Å². The molecular formula is C13H18F2O4. The monoisotopic (exact) mass is 276 g/mol. The van der Waals surface area contributed by atoms with Crippen molar-refractivity contribution in [1.29, 1.82) is 0 Å². The molecule has 0 amide bonds. The van der Waals surface area contributed by atoms with Gasteiger partial charge in [-0.2, -0.15) is 0 Å². The van der Waals surface area contributed by atoms with Crippen LogP contribution in [0.3, 0.4) is 0 Å². The van der Waals surface area contributed by atoms with E-state index in [9.17, 15) is 18.4 Å². The normalized spacial score (nSPS) is 29.4. The molecular weight excluding hydrogens is 258 g/mol. The molecule has 0 heterocycles. The number of esters is 2. The van der Waals surface area contributed by atoms with Gasteiger partial charge in [0.05, 0.1) is 25.6 Å². The summed E-state index contributed by atoms with van der Waals surface area (Å²) >= 11 is 0. The van der Waals surface area contributed by atoms with Crippen LogP contribution in [0.5, 0.6) is 0 Å². The van der Waals surface area contributed by atoms with Gasteiger partial charge in [0, 0.05) is 12.8 Å². The predicted molar refractivity (Wildman–Crippen MR) is 63.6 cm³/mol. The highest BCUT2D eigenvalue weighted by atomic mass is 19.3. The van der Waals surface area contributed by atoms with Crippen molar-refractivity contribution in [3.8, 4) is 0 Å². The summed E-state index contributed by atoms with van der Waals surface area (Å²) in [5.74, 6) is -5.57. The van der Waals surface area contributed by atoms with E-state index in [1.54, 1.807) is 0 Å². The van der Waals surface area contributed by atoms with Crippen molar-refractivity contribution >= 4 is 11.9 Å². The van der Waals surface area contributed by atoms with Crippen LogP contribution in [0.2, 0.25) is 0 Å². The molecule has 0 saturated heterocycles. The summed E-state index contributed by atoms with van der Waals surface area (Å²) in [7, 11) is 2.29. The standard InChI is InChI=1S/C13H18F2O4/c1-4-5-12(11(17)19-3)6-9(10(16)18-2)7-13(14,15)8-12/h4,9H,1,5-8H2,2-3H3/t9-,12+/m1/s1.